The van der Waals surface area contributed by atoms with Crippen molar-refractivity contribution in [2.75, 3.05) is 19.6 Å². The fourth-order valence-corrected chi connectivity index (χ4v) is 3.66. The van der Waals surface area contributed by atoms with Gasteiger partial charge in [0.2, 0.25) is 11.7 Å². The van der Waals surface area contributed by atoms with Crippen LogP contribution < -0.4 is 5.32 Å². The predicted molar refractivity (Wildman–Crippen MR) is 96.7 cm³/mol. The van der Waals surface area contributed by atoms with Gasteiger partial charge in [-0.2, -0.15) is 0 Å². The summed E-state index contributed by atoms with van der Waals surface area (Å²) in [5.74, 6) is -10.7. The smallest absolute Gasteiger partial charge is 0.236 e. The Balaban J connectivity index is 2.10. The summed E-state index contributed by atoms with van der Waals surface area (Å²) in [6.07, 6.45) is 1.43. The molecule has 0 aromatic heterocycles. The van der Waals surface area contributed by atoms with Crippen LogP contribution in [0.5, 0.6) is 0 Å². The Morgan fingerprint density at radius 2 is 1.38 bits per heavy atom. The van der Waals surface area contributed by atoms with Crippen LogP contribution in [0.4, 0.5) is 22.0 Å². The van der Waals surface area contributed by atoms with Crippen LogP contribution in [0.25, 0.3) is 0 Å². The molecule has 1 amide bonds. The summed E-state index contributed by atoms with van der Waals surface area (Å²) in [5, 5.41) is 2.97. The van der Waals surface area contributed by atoms with Gasteiger partial charge in [-0.25, -0.2) is 22.0 Å². The van der Waals surface area contributed by atoms with Gasteiger partial charge in [0.25, 0.3) is 0 Å². The number of carbonyl (C=O) groups is 2. The van der Waals surface area contributed by atoms with Crippen LogP contribution in [0.1, 0.15) is 51.5 Å². The number of benzene rings is 1. The first-order valence-corrected chi connectivity index (χ1v) is 9.74. The molecule has 0 aliphatic carbocycles. The average molecular weight is 420 g/mol. The van der Waals surface area contributed by atoms with E-state index >= 15 is 0 Å². The molecule has 0 unspecified atom stereocenters. The van der Waals surface area contributed by atoms with Gasteiger partial charge in [0.15, 0.2) is 29.1 Å². The largest absolute Gasteiger partial charge is 0.342 e. The minimum absolute atomic E-state index is 0.0596. The number of hydrogen-bond donors (Lipinski definition) is 1. The lowest BCUT2D eigenvalue weighted by molar-refractivity contribution is -0.131. The summed E-state index contributed by atoms with van der Waals surface area (Å²) in [7, 11) is 0. The van der Waals surface area contributed by atoms with E-state index in [1.165, 1.54) is 0 Å². The van der Waals surface area contributed by atoms with E-state index in [1.54, 1.807) is 18.7 Å². The van der Waals surface area contributed by atoms with E-state index in [-0.39, 0.29) is 12.5 Å². The zero-order chi connectivity index (χ0) is 21.8. The summed E-state index contributed by atoms with van der Waals surface area (Å²) >= 11 is 0. The topological polar surface area (TPSA) is 49.4 Å². The number of Topliss-reactive ketones (excluding diaryl/α,β-unsaturated/α-hetero) is 1. The lowest BCUT2D eigenvalue weighted by Crippen LogP contribution is -2.54. The van der Waals surface area contributed by atoms with Gasteiger partial charge < -0.3 is 4.90 Å². The molecule has 4 nitrogen and oxygen atoms in total. The molecule has 1 aliphatic rings. The molecule has 1 aromatic carbocycles. The SMILES string of the molecule is CCC(CC)(NCC(=O)N1CCCC1)C(=O)CCc1c(F)c(F)c(F)c(F)c1F. The Hall–Kier alpha value is -2.03. The summed E-state index contributed by atoms with van der Waals surface area (Å²) in [6, 6.07) is 0. The highest BCUT2D eigenvalue weighted by Gasteiger charge is 2.35. The normalized spacial score (nSPS) is 14.5. The number of halogens is 5. The van der Waals surface area contributed by atoms with Crippen molar-refractivity contribution in [3.63, 3.8) is 0 Å². The quantitative estimate of drug-likeness (QED) is 0.377. The maximum absolute atomic E-state index is 13.8. The molecule has 0 saturated carbocycles. The number of hydrogen-bond acceptors (Lipinski definition) is 3. The number of nitrogens with one attached hydrogen (secondary N) is 1. The summed E-state index contributed by atoms with van der Waals surface area (Å²) in [4.78, 5) is 26.8. The third-order valence-electron chi connectivity index (χ3n) is 5.68. The number of nitrogens with zero attached hydrogens (tertiary/aromatic N) is 1. The van der Waals surface area contributed by atoms with Crippen molar-refractivity contribution in [3.8, 4) is 0 Å². The second-order valence-electron chi connectivity index (χ2n) is 7.20. The molecular weight excluding hydrogens is 395 g/mol. The molecule has 9 heteroatoms. The molecule has 0 radical (unpaired) electrons. The molecule has 0 bridgehead atoms. The Kier molecular flexibility index (Phi) is 7.73. The third kappa shape index (κ3) is 4.76. The monoisotopic (exact) mass is 420 g/mol. The zero-order valence-electron chi connectivity index (χ0n) is 16.5. The van der Waals surface area contributed by atoms with E-state index in [2.05, 4.69) is 5.32 Å². The van der Waals surface area contributed by atoms with E-state index < -0.39 is 58.8 Å². The Bertz CT molecular complexity index is 746. The van der Waals surface area contributed by atoms with E-state index in [9.17, 15) is 31.5 Å². The highest BCUT2D eigenvalue weighted by molar-refractivity contribution is 5.89. The lowest BCUT2D eigenvalue weighted by Gasteiger charge is -2.32. The number of ketones is 1. The van der Waals surface area contributed by atoms with Crippen molar-refractivity contribution in [3.05, 3.63) is 34.6 Å². The van der Waals surface area contributed by atoms with E-state index in [0.29, 0.717) is 25.9 Å². The number of amides is 1. The van der Waals surface area contributed by atoms with Crippen LogP contribution in [0, 0.1) is 29.1 Å². The number of likely N-dealkylation sites (tertiary alicyclic amines) is 1. The molecule has 0 spiro atoms. The maximum atomic E-state index is 13.8. The van der Waals surface area contributed by atoms with Gasteiger partial charge in [0.05, 0.1) is 12.1 Å². The van der Waals surface area contributed by atoms with Crippen LogP contribution >= 0.6 is 0 Å². The van der Waals surface area contributed by atoms with Crippen molar-refractivity contribution in [2.24, 2.45) is 0 Å². The first-order chi connectivity index (χ1) is 13.7. The molecule has 1 aromatic rings. The lowest BCUT2D eigenvalue weighted by atomic mass is 9.84. The predicted octanol–water partition coefficient (Wildman–Crippen LogP) is 3.65. The van der Waals surface area contributed by atoms with Gasteiger partial charge in [-0.15, -0.1) is 0 Å². The van der Waals surface area contributed by atoms with Gasteiger partial charge >= 0.3 is 0 Å². The zero-order valence-corrected chi connectivity index (χ0v) is 16.5. The van der Waals surface area contributed by atoms with E-state index in [4.69, 9.17) is 0 Å². The van der Waals surface area contributed by atoms with Crippen LogP contribution in [0.15, 0.2) is 0 Å². The van der Waals surface area contributed by atoms with E-state index in [1.807, 2.05) is 0 Å². The van der Waals surface area contributed by atoms with Gasteiger partial charge in [-0.1, -0.05) is 13.8 Å². The molecule has 29 heavy (non-hydrogen) atoms. The second kappa shape index (κ2) is 9.65. The molecule has 1 aliphatic heterocycles. The minimum atomic E-state index is -2.23. The standard InChI is InChI=1S/C20H25F5N2O2/c1-3-20(4-2,26-11-14(29)27-9-5-6-10-27)13(28)8-7-12-15(21)17(23)19(25)18(24)16(12)22/h26H,3-11H2,1-2H3. The summed E-state index contributed by atoms with van der Waals surface area (Å²) in [6.45, 7) is 4.73. The molecule has 1 heterocycles. The molecule has 1 saturated heterocycles. The Morgan fingerprint density at radius 1 is 0.897 bits per heavy atom. The summed E-state index contributed by atoms with van der Waals surface area (Å²) in [5.41, 5.74) is -2.12. The summed E-state index contributed by atoms with van der Waals surface area (Å²) < 4.78 is 67.5. The molecule has 162 valence electrons. The molecule has 1 fully saturated rings. The molecule has 1 N–H and O–H groups in total. The van der Waals surface area contributed by atoms with Crippen molar-refractivity contribution in [2.45, 2.75) is 57.9 Å². The maximum Gasteiger partial charge on any atom is 0.236 e. The van der Waals surface area contributed by atoms with Crippen LogP contribution in [0.2, 0.25) is 0 Å². The minimum Gasteiger partial charge on any atom is -0.342 e. The van der Waals surface area contributed by atoms with Crippen LogP contribution in [-0.2, 0) is 16.0 Å². The van der Waals surface area contributed by atoms with Crippen molar-refractivity contribution in [1.29, 1.82) is 0 Å². The average Bonchev–Trinajstić information content (AvgIpc) is 3.26. The van der Waals surface area contributed by atoms with Crippen molar-refractivity contribution in [1.82, 2.24) is 10.2 Å². The van der Waals surface area contributed by atoms with Gasteiger partial charge in [0.1, 0.15) is 0 Å². The van der Waals surface area contributed by atoms with Crippen molar-refractivity contribution < 1.29 is 31.5 Å². The van der Waals surface area contributed by atoms with Crippen LogP contribution in [0.3, 0.4) is 0 Å². The van der Waals surface area contributed by atoms with Crippen molar-refractivity contribution >= 4 is 11.7 Å². The Morgan fingerprint density at radius 3 is 1.86 bits per heavy atom. The second-order valence-corrected chi connectivity index (χ2v) is 7.20. The highest BCUT2D eigenvalue weighted by Crippen LogP contribution is 2.26. The first-order valence-electron chi connectivity index (χ1n) is 9.74. The number of rotatable bonds is 9. The molecule has 0 atom stereocenters. The third-order valence-corrected chi connectivity index (χ3v) is 5.68. The van der Waals surface area contributed by atoms with Gasteiger partial charge in [-0.3, -0.25) is 14.9 Å². The van der Waals surface area contributed by atoms with Gasteiger partial charge in [0, 0.05) is 25.1 Å². The first kappa shape index (κ1) is 23.3. The number of carbonyl (C=O) groups excluding carboxylic acids is 2. The Labute approximate surface area is 166 Å². The van der Waals surface area contributed by atoms with Gasteiger partial charge in [-0.05, 0) is 32.1 Å². The van der Waals surface area contributed by atoms with E-state index in [0.717, 1.165) is 12.8 Å². The van der Waals surface area contributed by atoms with Crippen LogP contribution in [-0.4, -0.2) is 41.8 Å². The fraction of sp³-hybridized carbons (Fsp3) is 0.600. The molecule has 2 rings (SSSR count). The molecular formula is C20H25F5N2O2. The fourth-order valence-electron chi connectivity index (χ4n) is 3.66. The highest BCUT2D eigenvalue weighted by atomic mass is 19.2.